The predicted octanol–water partition coefficient (Wildman–Crippen LogP) is 5.22. The molecule has 1 aromatic heterocycles. The van der Waals surface area contributed by atoms with Crippen LogP contribution in [0, 0.1) is 6.92 Å². The van der Waals surface area contributed by atoms with Crippen molar-refractivity contribution in [1.29, 1.82) is 0 Å². The van der Waals surface area contributed by atoms with Gasteiger partial charge in [0.25, 0.3) is 11.1 Å². The van der Waals surface area contributed by atoms with E-state index >= 15 is 0 Å². The van der Waals surface area contributed by atoms with Gasteiger partial charge in [0.15, 0.2) is 0 Å². The summed E-state index contributed by atoms with van der Waals surface area (Å²) in [7, 11) is 0. The molecule has 0 bridgehead atoms. The van der Waals surface area contributed by atoms with Crippen molar-refractivity contribution in [2.24, 2.45) is 0 Å². The van der Waals surface area contributed by atoms with Crippen LogP contribution in [-0.2, 0) is 4.79 Å². The number of benzene rings is 2. The number of thioether (sulfide) groups is 1. The fourth-order valence-electron chi connectivity index (χ4n) is 2.46. The van der Waals surface area contributed by atoms with Gasteiger partial charge < -0.3 is 14.5 Å². The van der Waals surface area contributed by atoms with Crippen LogP contribution in [0.15, 0.2) is 52.1 Å². The highest BCUT2D eigenvalue weighted by atomic mass is 35.5. The Balaban J connectivity index is 1.69. The number of nitrogens with zero attached hydrogens (tertiary/aromatic N) is 2. The quantitative estimate of drug-likeness (QED) is 0.531. The molecule has 0 aliphatic carbocycles. The van der Waals surface area contributed by atoms with E-state index in [9.17, 15) is 4.79 Å². The molecule has 2 aromatic carbocycles. The maximum Gasteiger partial charge on any atom is 0.277 e. The molecule has 0 spiro atoms. The first-order chi connectivity index (χ1) is 13.5. The first-order valence-corrected chi connectivity index (χ1v) is 10.0. The second-order valence-corrected chi connectivity index (χ2v) is 7.74. The van der Waals surface area contributed by atoms with Crippen LogP contribution < -0.4 is 10.1 Å². The number of para-hydroxylation sites is 1. The summed E-state index contributed by atoms with van der Waals surface area (Å²) in [5, 5.41) is 11.5. The Kier molecular flexibility index (Phi) is 6.59. The summed E-state index contributed by atoms with van der Waals surface area (Å²) in [4.78, 5) is 12.5. The Bertz CT molecular complexity index is 977. The molecule has 0 aliphatic rings. The molecule has 6 nitrogen and oxygen atoms in total. The van der Waals surface area contributed by atoms with E-state index in [2.05, 4.69) is 15.5 Å². The van der Waals surface area contributed by atoms with Crippen LogP contribution in [0.4, 0.5) is 5.69 Å². The Morgan fingerprint density at radius 2 is 2.07 bits per heavy atom. The van der Waals surface area contributed by atoms with E-state index in [1.807, 2.05) is 44.2 Å². The fourth-order valence-corrected chi connectivity index (χ4v) is 3.31. The minimum absolute atomic E-state index is 0.176. The first kappa shape index (κ1) is 20.2. The normalized spacial score (nSPS) is 11.9. The molecule has 0 radical (unpaired) electrons. The van der Waals surface area contributed by atoms with Gasteiger partial charge in [0.1, 0.15) is 5.75 Å². The van der Waals surface area contributed by atoms with Crippen molar-refractivity contribution in [3.63, 3.8) is 0 Å². The van der Waals surface area contributed by atoms with Gasteiger partial charge in [-0.05, 0) is 50.6 Å². The average molecular weight is 418 g/mol. The molecule has 0 aliphatic heterocycles. The minimum atomic E-state index is -0.436. The zero-order valence-electron chi connectivity index (χ0n) is 15.7. The molecule has 0 saturated heterocycles. The third-order valence-corrected chi connectivity index (χ3v) is 5.10. The van der Waals surface area contributed by atoms with Crippen molar-refractivity contribution < 1.29 is 13.9 Å². The molecule has 1 heterocycles. The lowest BCUT2D eigenvalue weighted by molar-refractivity contribution is -0.115. The van der Waals surface area contributed by atoms with E-state index in [1.165, 1.54) is 11.8 Å². The van der Waals surface area contributed by atoms with Crippen LogP contribution in [-0.4, -0.2) is 28.0 Å². The van der Waals surface area contributed by atoms with Crippen molar-refractivity contribution in [3.05, 3.63) is 53.1 Å². The molecule has 1 N–H and O–H groups in total. The summed E-state index contributed by atoms with van der Waals surface area (Å²) in [6, 6.07) is 12.8. The molecule has 1 amide bonds. The van der Waals surface area contributed by atoms with E-state index in [0.29, 0.717) is 34.2 Å². The van der Waals surface area contributed by atoms with E-state index in [1.54, 1.807) is 19.1 Å². The SMILES string of the molecule is CCOc1ccccc1-c1nnc(SC(C)C(=O)Nc2cc(Cl)ccc2C)o1. The lowest BCUT2D eigenvalue weighted by atomic mass is 10.2. The molecular weight excluding hydrogens is 398 g/mol. The van der Waals surface area contributed by atoms with Gasteiger partial charge in [-0.2, -0.15) is 0 Å². The lowest BCUT2D eigenvalue weighted by Crippen LogP contribution is -2.22. The Hall–Kier alpha value is -2.51. The summed E-state index contributed by atoms with van der Waals surface area (Å²) < 4.78 is 11.3. The topological polar surface area (TPSA) is 77.2 Å². The van der Waals surface area contributed by atoms with E-state index < -0.39 is 5.25 Å². The maximum atomic E-state index is 12.5. The molecule has 3 aromatic rings. The van der Waals surface area contributed by atoms with Crippen molar-refractivity contribution in [2.45, 2.75) is 31.2 Å². The highest BCUT2D eigenvalue weighted by molar-refractivity contribution is 8.00. The fraction of sp³-hybridized carbons (Fsp3) is 0.250. The van der Waals surface area contributed by atoms with Crippen LogP contribution in [0.25, 0.3) is 11.5 Å². The van der Waals surface area contributed by atoms with Gasteiger partial charge in [0, 0.05) is 10.7 Å². The number of aryl methyl sites for hydroxylation is 1. The summed E-state index contributed by atoms with van der Waals surface area (Å²) in [6.07, 6.45) is 0. The van der Waals surface area contributed by atoms with Crippen molar-refractivity contribution >= 4 is 35.0 Å². The molecule has 3 rings (SSSR count). The summed E-state index contributed by atoms with van der Waals surface area (Å²) in [6.45, 7) is 6.13. The number of hydrogen-bond acceptors (Lipinski definition) is 6. The Morgan fingerprint density at radius 1 is 1.29 bits per heavy atom. The second kappa shape index (κ2) is 9.12. The third-order valence-electron chi connectivity index (χ3n) is 3.93. The molecule has 146 valence electrons. The smallest absolute Gasteiger partial charge is 0.277 e. The van der Waals surface area contributed by atoms with E-state index in [-0.39, 0.29) is 5.91 Å². The van der Waals surface area contributed by atoms with Gasteiger partial charge in [0.2, 0.25) is 5.91 Å². The van der Waals surface area contributed by atoms with Gasteiger partial charge in [-0.25, -0.2) is 0 Å². The van der Waals surface area contributed by atoms with Crippen molar-refractivity contribution in [1.82, 2.24) is 10.2 Å². The van der Waals surface area contributed by atoms with Crippen LogP contribution in [0.3, 0.4) is 0 Å². The molecule has 8 heteroatoms. The Morgan fingerprint density at radius 3 is 2.86 bits per heavy atom. The van der Waals surface area contributed by atoms with Crippen LogP contribution in [0.5, 0.6) is 5.75 Å². The van der Waals surface area contributed by atoms with Crippen molar-refractivity contribution in [3.8, 4) is 17.2 Å². The van der Waals surface area contributed by atoms with E-state index in [0.717, 1.165) is 11.1 Å². The summed E-state index contributed by atoms with van der Waals surface area (Å²) in [5.74, 6) is 0.849. The van der Waals surface area contributed by atoms with Crippen LogP contribution >= 0.6 is 23.4 Å². The number of ether oxygens (including phenoxy) is 1. The number of halogens is 1. The highest BCUT2D eigenvalue weighted by Crippen LogP contribution is 2.32. The van der Waals surface area contributed by atoms with Gasteiger partial charge in [0.05, 0.1) is 17.4 Å². The van der Waals surface area contributed by atoms with Gasteiger partial charge in [-0.15, -0.1) is 10.2 Å². The number of hydrogen-bond donors (Lipinski definition) is 1. The van der Waals surface area contributed by atoms with Crippen LogP contribution in [0.1, 0.15) is 19.4 Å². The number of carbonyl (C=O) groups excluding carboxylic acids is 1. The number of nitrogens with one attached hydrogen (secondary N) is 1. The standard InChI is InChI=1S/C20H20ClN3O3S/c1-4-26-17-8-6-5-7-15(17)19-23-24-20(27-19)28-13(3)18(25)22-16-11-14(21)10-9-12(16)2/h5-11,13H,4H2,1-3H3,(H,22,25). The van der Waals surface area contributed by atoms with Gasteiger partial charge in [-0.1, -0.05) is 41.6 Å². The molecular formula is C20H20ClN3O3S. The summed E-state index contributed by atoms with van der Waals surface area (Å²) in [5.41, 5.74) is 2.33. The Labute approximate surface area is 172 Å². The van der Waals surface area contributed by atoms with Crippen molar-refractivity contribution in [2.75, 3.05) is 11.9 Å². The average Bonchev–Trinajstić information content (AvgIpc) is 3.13. The largest absolute Gasteiger partial charge is 0.493 e. The molecule has 0 fully saturated rings. The number of amides is 1. The zero-order chi connectivity index (χ0) is 20.1. The molecule has 1 unspecified atom stereocenters. The monoisotopic (exact) mass is 417 g/mol. The zero-order valence-corrected chi connectivity index (χ0v) is 17.3. The number of carbonyl (C=O) groups is 1. The lowest BCUT2D eigenvalue weighted by Gasteiger charge is -2.12. The number of anilines is 1. The molecule has 0 saturated carbocycles. The second-order valence-electron chi connectivity index (χ2n) is 6.01. The summed E-state index contributed by atoms with van der Waals surface area (Å²) >= 11 is 7.20. The molecule has 28 heavy (non-hydrogen) atoms. The van der Waals surface area contributed by atoms with Gasteiger partial charge >= 0.3 is 0 Å². The van der Waals surface area contributed by atoms with Gasteiger partial charge in [-0.3, -0.25) is 4.79 Å². The number of rotatable bonds is 7. The van der Waals surface area contributed by atoms with Crippen LogP contribution in [0.2, 0.25) is 5.02 Å². The third kappa shape index (κ3) is 4.85. The predicted molar refractivity (Wildman–Crippen MR) is 111 cm³/mol. The number of aromatic nitrogens is 2. The minimum Gasteiger partial charge on any atom is -0.493 e. The molecule has 1 atom stereocenters. The maximum absolute atomic E-state index is 12.5. The van der Waals surface area contributed by atoms with E-state index in [4.69, 9.17) is 20.8 Å². The first-order valence-electron chi connectivity index (χ1n) is 8.77. The highest BCUT2D eigenvalue weighted by Gasteiger charge is 2.20.